The maximum Gasteiger partial charge on any atom is 0.308 e. The Morgan fingerprint density at radius 1 is 1.50 bits per heavy atom. The number of nitrogens with two attached hydrogens (primary N) is 1. The number of aliphatic carboxylic acids is 1. The van der Waals surface area contributed by atoms with E-state index < -0.39 is 11.9 Å². The number of amides is 1. The number of hydrogen-bond donors (Lipinski definition) is 2. The molecular formula is C12H15N3O3. The third-order valence-corrected chi connectivity index (χ3v) is 3.12. The van der Waals surface area contributed by atoms with Gasteiger partial charge in [0.25, 0.3) is 0 Å². The van der Waals surface area contributed by atoms with Gasteiger partial charge >= 0.3 is 5.97 Å². The molecule has 0 aliphatic carbocycles. The van der Waals surface area contributed by atoms with Crippen LogP contribution >= 0.6 is 0 Å². The van der Waals surface area contributed by atoms with E-state index in [0.29, 0.717) is 24.3 Å². The molecule has 0 bridgehead atoms. The zero-order valence-electron chi connectivity index (χ0n) is 9.87. The second-order valence-electron chi connectivity index (χ2n) is 4.39. The summed E-state index contributed by atoms with van der Waals surface area (Å²) in [5.41, 5.74) is 5.59. The summed E-state index contributed by atoms with van der Waals surface area (Å²) in [6.45, 7) is 1.17. The fourth-order valence-electron chi connectivity index (χ4n) is 2.13. The third kappa shape index (κ3) is 2.58. The van der Waals surface area contributed by atoms with Gasteiger partial charge in [0.15, 0.2) is 0 Å². The second-order valence-corrected chi connectivity index (χ2v) is 4.39. The molecule has 6 heteroatoms. The Bertz CT molecular complexity index is 475. The van der Waals surface area contributed by atoms with Gasteiger partial charge in [-0.25, -0.2) is 4.98 Å². The average molecular weight is 249 g/mol. The van der Waals surface area contributed by atoms with Crippen molar-refractivity contribution in [2.75, 3.05) is 18.0 Å². The lowest BCUT2D eigenvalue weighted by Gasteiger charge is -2.31. The van der Waals surface area contributed by atoms with E-state index in [0.717, 1.165) is 13.0 Å². The minimum Gasteiger partial charge on any atom is -0.481 e. The van der Waals surface area contributed by atoms with Crippen molar-refractivity contribution in [1.82, 2.24) is 4.98 Å². The maximum absolute atomic E-state index is 11.1. The first-order chi connectivity index (χ1) is 8.58. The van der Waals surface area contributed by atoms with E-state index in [1.165, 1.54) is 6.20 Å². The number of rotatable bonds is 3. The van der Waals surface area contributed by atoms with Crippen LogP contribution in [-0.2, 0) is 4.79 Å². The molecular weight excluding hydrogens is 234 g/mol. The summed E-state index contributed by atoms with van der Waals surface area (Å²) in [6, 6.07) is 3.15. The van der Waals surface area contributed by atoms with Gasteiger partial charge in [-0.3, -0.25) is 9.59 Å². The molecule has 1 saturated heterocycles. The predicted octanol–water partition coefficient (Wildman–Crippen LogP) is 0.481. The highest BCUT2D eigenvalue weighted by atomic mass is 16.4. The van der Waals surface area contributed by atoms with Crippen molar-refractivity contribution in [1.29, 1.82) is 0 Å². The number of anilines is 1. The Kier molecular flexibility index (Phi) is 3.45. The van der Waals surface area contributed by atoms with Crippen molar-refractivity contribution >= 4 is 17.7 Å². The summed E-state index contributed by atoms with van der Waals surface area (Å²) in [6.07, 6.45) is 3.00. The number of carbonyl (C=O) groups is 2. The molecule has 1 fully saturated rings. The van der Waals surface area contributed by atoms with E-state index >= 15 is 0 Å². The van der Waals surface area contributed by atoms with Gasteiger partial charge in [-0.05, 0) is 25.0 Å². The number of hydrogen-bond acceptors (Lipinski definition) is 4. The molecule has 2 heterocycles. The van der Waals surface area contributed by atoms with E-state index in [2.05, 4.69) is 4.98 Å². The lowest BCUT2D eigenvalue weighted by Crippen LogP contribution is -2.39. The van der Waals surface area contributed by atoms with E-state index in [9.17, 15) is 9.59 Å². The van der Waals surface area contributed by atoms with Crippen LogP contribution in [0.25, 0.3) is 0 Å². The largest absolute Gasteiger partial charge is 0.481 e. The molecule has 1 unspecified atom stereocenters. The van der Waals surface area contributed by atoms with Crippen LogP contribution < -0.4 is 10.6 Å². The maximum atomic E-state index is 11.1. The molecule has 1 atom stereocenters. The predicted molar refractivity (Wildman–Crippen MR) is 65.3 cm³/mol. The molecule has 0 saturated carbocycles. The number of pyridine rings is 1. The van der Waals surface area contributed by atoms with Crippen LogP contribution in [0.3, 0.4) is 0 Å². The van der Waals surface area contributed by atoms with Gasteiger partial charge in [0.2, 0.25) is 5.91 Å². The second kappa shape index (κ2) is 5.03. The first-order valence-corrected chi connectivity index (χ1v) is 5.81. The fraction of sp³-hybridized carbons (Fsp3) is 0.417. The van der Waals surface area contributed by atoms with Crippen LogP contribution in [0.15, 0.2) is 18.3 Å². The highest BCUT2D eigenvalue weighted by Crippen LogP contribution is 2.22. The van der Waals surface area contributed by atoms with Crippen molar-refractivity contribution in [3.05, 3.63) is 23.9 Å². The van der Waals surface area contributed by atoms with Crippen LogP contribution in [0.2, 0.25) is 0 Å². The molecule has 6 nitrogen and oxygen atoms in total. The number of primary amides is 1. The minimum absolute atomic E-state index is 0.377. The summed E-state index contributed by atoms with van der Waals surface area (Å²) in [4.78, 5) is 28.1. The first-order valence-electron chi connectivity index (χ1n) is 5.81. The van der Waals surface area contributed by atoms with Gasteiger partial charge in [0.1, 0.15) is 5.82 Å². The molecule has 2 rings (SSSR count). The summed E-state index contributed by atoms with van der Waals surface area (Å²) < 4.78 is 0. The summed E-state index contributed by atoms with van der Waals surface area (Å²) >= 11 is 0. The Hall–Kier alpha value is -2.11. The van der Waals surface area contributed by atoms with Gasteiger partial charge in [-0.2, -0.15) is 0 Å². The fourth-order valence-corrected chi connectivity index (χ4v) is 2.13. The van der Waals surface area contributed by atoms with Crippen LogP contribution in [0, 0.1) is 5.92 Å². The zero-order chi connectivity index (χ0) is 13.1. The average Bonchev–Trinajstić information content (AvgIpc) is 2.39. The quantitative estimate of drug-likeness (QED) is 0.812. The molecule has 0 aromatic carbocycles. The lowest BCUT2D eigenvalue weighted by molar-refractivity contribution is -0.141. The molecule has 1 amide bonds. The molecule has 96 valence electrons. The van der Waals surface area contributed by atoms with Crippen molar-refractivity contribution in [2.24, 2.45) is 11.7 Å². The van der Waals surface area contributed by atoms with E-state index in [1.54, 1.807) is 12.1 Å². The van der Waals surface area contributed by atoms with Gasteiger partial charge in [-0.1, -0.05) is 0 Å². The van der Waals surface area contributed by atoms with Gasteiger partial charge in [0, 0.05) is 24.8 Å². The number of aromatic nitrogens is 1. The third-order valence-electron chi connectivity index (χ3n) is 3.12. The SMILES string of the molecule is NC(=O)c1ccnc(N2CCCC(C(=O)O)C2)c1. The smallest absolute Gasteiger partial charge is 0.308 e. The Labute approximate surface area is 104 Å². The molecule has 3 N–H and O–H groups in total. The molecule has 1 aromatic heterocycles. The Morgan fingerprint density at radius 3 is 2.94 bits per heavy atom. The van der Waals surface area contributed by atoms with E-state index in [1.807, 2.05) is 4.90 Å². The molecule has 1 aliphatic heterocycles. The number of piperidine rings is 1. The zero-order valence-corrected chi connectivity index (χ0v) is 9.87. The highest BCUT2D eigenvalue weighted by Gasteiger charge is 2.26. The van der Waals surface area contributed by atoms with Gasteiger partial charge in [-0.15, -0.1) is 0 Å². The summed E-state index contributed by atoms with van der Waals surface area (Å²) in [5.74, 6) is -1.06. The molecule has 0 spiro atoms. The Morgan fingerprint density at radius 2 is 2.28 bits per heavy atom. The van der Waals surface area contributed by atoms with Crippen LogP contribution in [0.4, 0.5) is 5.82 Å². The van der Waals surface area contributed by atoms with Gasteiger partial charge < -0.3 is 15.7 Å². The van der Waals surface area contributed by atoms with Crippen LogP contribution in [0.1, 0.15) is 23.2 Å². The summed E-state index contributed by atoms with van der Waals surface area (Å²) in [7, 11) is 0. The van der Waals surface area contributed by atoms with E-state index in [4.69, 9.17) is 10.8 Å². The number of carboxylic acid groups (broad SMARTS) is 1. The molecule has 18 heavy (non-hydrogen) atoms. The first kappa shape index (κ1) is 12.3. The number of carbonyl (C=O) groups excluding carboxylic acids is 1. The van der Waals surface area contributed by atoms with E-state index in [-0.39, 0.29) is 5.92 Å². The standard InChI is InChI=1S/C12H15N3O3/c13-11(16)8-3-4-14-10(6-8)15-5-1-2-9(7-15)12(17)18/h3-4,6,9H,1-2,5,7H2,(H2,13,16)(H,17,18). The van der Waals surface area contributed by atoms with Crippen molar-refractivity contribution in [3.8, 4) is 0 Å². The minimum atomic E-state index is -0.786. The molecule has 1 aliphatic rings. The van der Waals surface area contributed by atoms with Crippen molar-refractivity contribution in [3.63, 3.8) is 0 Å². The number of carboxylic acids is 1. The van der Waals surface area contributed by atoms with Crippen molar-refractivity contribution in [2.45, 2.75) is 12.8 Å². The topological polar surface area (TPSA) is 96.5 Å². The molecule has 1 aromatic rings. The number of nitrogens with zero attached hydrogens (tertiary/aromatic N) is 2. The molecule has 0 radical (unpaired) electrons. The summed E-state index contributed by atoms with van der Waals surface area (Å²) in [5, 5.41) is 9.02. The van der Waals surface area contributed by atoms with Crippen LogP contribution in [0.5, 0.6) is 0 Å². The Balaban J connectivity index is 2.18. The van der Waals surface area contributed by atoms with Crippen LogP contribution in [-0.4, -0.2) is 35.1 Å². The van der Waals surface area contributed by atoms with Crippen molar-refractivity contribution < 1.29 is 14.7 Å². The highest BCUT2D eigenvalue weighted by molar-refractivity contribution is 5.93. The normalized spacial score (nSPS) is 19.6. The monoisotopic (exact) mass is 249 g/mol. The lowest BCUT2D eigenvalue weighted by atomic mass is 9.98. The van der Waals surface area contributed by atoms with Gasteiger partial charge in [0.05, 0.1) is 5.92 Å².